The second-order valence-corrected chi connectivity index (χ2v) is 7.07. The zero-order valence-electron chi connectivity index (χ0n) is 16.1. The van der Waals surface area contributed by atoms with Gasteiger partial charge >= 0.3 is 0 Å². The highest BCUT2D eigenvalue weighted by atomic mass is 127. The maximum Gasteiger partial charge on any atom is 0.191 e. The van der Waals surface area contributed by atoms with Crippen molar-refractivity contribution < 1.29 is 9.47 Å². The summed E-state index contributed by atoms with van der Waals surface area (Å²) in [4.78, 5) is 4.33. The van der Waals surface area contributed by atoms with Crippen LogP contribution in [0.2, 0.25) is 0 Å². The lowest BCUT2D eigenvalue weighted by Gasteiger charge is -2.22. The number of fused-ring (bicyclic) bond motifs is 2. The molecule has 0 aliphatic carbocycles. The number of para-hydroxylation sites is 1. The van der Waals surface area contributed by atoms with Gasteiger partial charge in [0, 0.05) is 12.6 Å². The largest absolute Gasteiger partial charge is 0.491 e. The minimum atomic E-state index is 0. The number of guanidine groups is 1. The minimum Gasteiger partial charge on any atom is -0.491 e. The fraction of sp³-hybridized carbons (Fsp3) is 0.409. The summed E-state index contributed by atoms with van der Waals surface area (Å²) in [7, 11) is 1.80. The number of ether oxygens (including phenoxy) is 2. The summed E-state index contributed by atoms with van der Waals surface area (Å²) >= 11 is 0. The van der Waals surface area contributed by atoms with Gasteiger partial charge < -0.3 is 20.1 Å². The van der Waals surface area contributed by atoms with Crippen molar-refractivity contribution in [3.8, 4) is 16.9 Å². The van der Waals surface area contributed by atoms with Gasteiger partial charge in [-0.2, -0.15) is 0 Å². The zero-order valence-corrected chi connectivity index (χ0v) is 18.5. The number of rotatable bonds is 6. The Morgan fingerprint density at radius 2 is 1.89 bits per heavy atom. The molecule has 0 aromatic heterocycles. The van der Waals surface area contributed by atoms with E-state index >= 15 is 0 Å². The first kappa shape index (κ1) is 20.9. The molecule has 0 amide bonds. The first-order chi connectivity index (χ1) is 13.3. The van der Waals surface area contributed by atoms with Gasteiger partial charge in [-0.05, 0) is 30.9 Å². The molecule has 0 saturated carbocycles. The van der Waals surface area contributed by atoms with Crippen LogP contribution in [-0.4, -0.2) is 44.4 Å². The van der Waals surface area contributed by atoms with E-state index in [0.717, 1.165) is 35.7 Å². The van der Waals surface area contributed by atoms with E-state index in [0.29, 0.717) is 31.4 Å². The summed E-state index contributed by atoms with van der Waals surface area (Å²) in [5, 5.41) is 6.83. The molecular formula is C22H28IN3O2. The van der Waals surface area contributed by atoms with Crippen molar-refractivity contribution in [3.63, 3.8) is 0 Å². The summed E-state index contributed by atoms with van der Waals surface area (Å²) in [5.74, 6) is 1.71. The van der Waals surface area contributed by atoms with Crippen molar-refractivity contribution in [1.82, 2.24) is 10.6 Å². The van der Waals surface area contributed by atoms with Crippen molar-refractivity contribution in [2.45, 2.75) is 37.5 Å². The van der Waals surface area contributed by atoms with Crippen LogP contribution in [0, 0.1) is 0 Å². The average molecular weight is 493 g/mol. The Hall–Kier alpha value is -1.80. The quantitative estimate of drug-likeness (QED) is 0.278. The molecule has 4 rings (SSSR count). The van der Waals surface area contributed by atoms with Gasteiger partial charge in [0.1, 0.15) is 12.4 Å². The highest BCUT2D eigenvalue weighted by molar-refractivity contribution is 14.0. The highest BCUT2D eigenvalue weighted by Gasteiger charge is 2.41. The number of benzene rings is 2. The first-order valence-electron chi connectivity index (χ1n) is 9.73. The second kappa shape index (κ2) is 10.1. The third kappa shape index (κ3) is 4.97. The van der Waals surface area contributed by atoms with Crippen molar-refractivity contribution in [1.29, 1.82) is 0 Å². The number of nitrogens with zero attached hydrogens (tertiary/aromatic N) is 1. The number of hydrogen-bond acceptors (Lipinski definition) is 3. The van der Waals surface area contributed by atoms with E-state index in [1.54, 1.807) is 7.05 Å². The third-order valence-corrected chi connectivity index (χ3v) is 5.28. The molecule has 5 nitrogen and oxygen atoms in total. The van der Waals surface area contributed by atoms with Crippen LogP contribution in [0.4, 0.5) is 0 Å². The summed E-state index contributed by atoms with van der Waals surface area (Å²) in [5.41, 5.74) is 2.27. The first-order valence-corrected chi connectivity index (χ1v) is 9.73. The molecule has 3 atom stereocenters. The molecule has 2 aromatic rings. The van der Waals surface area contributed by atoms with E-state index in [9.17, 15) is 0 Å². The van der Waals surface area contributed by atoms with Gasteiger partial charge in [0.2, 0.25) is 0 Å². The Bertz CT molecular complexity index is 784. The number of halogens is 1. The second-order valence-electron chi connectivity index (χ2n) is 7.07. The van der Waals surface area contributed by atoms with Crippen molar-refractivity contribution in [3.05, 3.63) is 54.6 Å². The molecule has 2 bridgehead atoms. The molecule has 28 heavy (non-hydrogen) atoms. The van der Waals surface area contributed by atoms with Gasteiger partial charge in [0.15, 0.2) is 5.96 Å². The van der Waals surface area contributed by atoms with E-state index < -0.39 is 0 Å². The van der Waals surface area contributed by atoms with Crippen LogP contribution in [0.15, 0.2) is 59.6 Å². The molecule has 6 heteroatoms. The summed E-state index contributed by atoms with van der Waals surface area (Å²) < 4.78 is 11.9. The fourth-order valence-electron chi connectivity index (χ4n) is 3.94. The summed E-state index contributed by atoms with van der Waals surface area (Å²) in [6.45, 7) is 1.25. The molecule has 2 heterocycles. The van der Waals surface area contributed by atoms with E-state index in [2.05, 4.69) is 33.8 Å². The van der Waals surface area contributed by atoms with Crippen molar-refractivity contribution in [2.24, 2.45) is 4.99 Å². The predicted molar refractivity (Wildman–Crippen MR) is 124 cm³/mol. The predicted octanol–water partition coefficient (Wildman–Crippen LogP) is 3.84. The van der Waals surface area contributed by atoms with Crippen LogP contribution in [0.3, 0.4) is 0 Å². The monoisotopic (exact) mass is 493 g/mol. The van der Waals surface area contributed by atoms with Crippen LogP contribution in [0.1, 0.15) is 19.3 Å². The lowest BCUT2D eigenvalue weighted by atomic mass is 9.96. The Morgan fingerprint density at radius 3 is 2.61 bits per heavy atom. The molecule has 0 radical (unpaired) electrons. The van der Waals surface area contributed by atoms with Crippen LogP contribution in [0.25, 0.3) is 11.1 Å². The maximum atomic E-state index is 6.04. The highest BCUT2D eigenvalue weighted by Crippen LogP contribution is 2.34. The Morgan fingerprint density at radius 1 is 1.11 bits per heavy atom. The standard InChI is InChI=1S/C22H27N3O2.HI/c1-23-22(25-19-15-17-11-12-21(19)27-17)24-13-14-26-20-10-6-5-9-18(20)16-7-3-2-4-8-16;/h2-10,17,19,21H,11-15H2,1H3,(H2,23,24,25);1H. The van der Waals surface area contributed by atoms with Crippen LogP contribution in [0.5, 0.6) is 5.75 Å². The van der Waals surface area contributed by atoms with Gasteiger partial charge in [-0.1, -0.05) is 48.5 Å². The molecule has 2 fully saturated rings. The summed E-state index contributed by atoms with van der Waals surface area (Å²) in [6, 6.07) is 18.8. The normalized spacial score (nSPS) is 23.2. The molecule has 150 valence electrons. The fourth-order valence-corrected chi connectivity index (χ4v) is 3.94. The van der Waals surface area contributed by atoms with Crippen molar-refractivity contribution in [2.75, 3.05) is 20.2 Å². The van der Waals surface area contributed by atoms with E-state index in [1.807, 2.05) is 36.4 Å². The molecule has 3 unspecified atom stereocenters. The topological polar surface area (TPSA) is 54.9 Å². The molecule has 2 aliphatic rings. The molecule has 2 aromatic carbocycles. The lowest BCUT2D eigenvalue weighted by molar-refractivity contribution is 0.0992. The Balaban J connectivity index is 0.00000225. The van der Waals surface area contributed by atoms with E-state index in [4.69, 9.17) is 9.47 Å². The molecular weight excluding hydrogens is 465 g/mol. The minimum absolute atomic E-state index is 0. The third-order valence-electron chi connectivity index (χ3n) is 5.28. The number of hydrogen-bond donors (Lipinski definition) is 2. The molecule has 0 spiro atoms. The zero-order chi connectivity index (χ0) is 18.5. The Kier molecular flexibility index (Phi) is 7.56. The SMILES string of the molecule is CN=C(NCCOc1ccccc1-c1ccccc1)NC1CC2CCC1O2.I. The van der Waals surface area contributed by atoms with Gasteiger partial charge in [-0.25, -0.2) is 0 Å². The van der Waals surface area contributed by atoms with E-state index in [1.165, 1.54) is 6.42 Å². The Labute approximate surface area is 183 Å². The molecule has 2 aliphatic heterocycles. The number of nitrogens with one attached hydrogen (secondary N) is 2. The maximum absolute atomic E-state index is 6.04. The van der Waals surface area contributed by atoms with Gasteiger partial charge in [-0.15, -0.1) is 24.0 Å². The van der Waals surface area contributed by atoms with Gasteiger partial charge in [0.05, 0.1) is 24.8 Å². The van der Waals surface area contributed by atoms with Crippen LogP contribution >= 0.6 is 24.0 Å². The van der Waals surface area contributed by atoms with Crippen molar-refractivity contribution >= 4 is 29.9 Å². The van der Waals surface area contributed by atoms with E-state index in [-0.39, 0.29) is 24.0 Å². The van der Waals surface area contributed by atoms with Crippen LogP contribution in [-0.2, 0) is 4.74 Å². The molecule has 2 saturated heterocycles. The van der Waals surface area contributed by atoms with Crippen LogP contribution < -0.4 is 15.4 Å². The average Bonchev–Trinajstić information content (AvgIpc) is 3.34. The molecule has 2 N–H and O–H groups in total. The van der Waals surface area contributed by atoms with Gasteiger partial charge in [0.25, 0.3) is 0 Å². The number of aliphatic imine (C=N–C) groups is 1. The van der Waals surface area contributed by atoms with Gasteiger partial charge in [-0.3, -0.25) is 4.99 Å². The lowest BCUT2D eigenvalue weighted by Crippen LogP contribution is -2.48. The smallest absolute Gasteiger partial charge is 0.191 e. The summed E-state index contributed by atoms with van der Waals surface area (Å²) in [6.07, 6.45) is 4.19.